The van der Waals surface area contributed by atoms with Crippen molar-refractivity contribution in [2.24, 2.45) is 5.92 Å². The molecule has 0 aliphatic rings. The number of pyridine rings is 1. The third-order valence-corrected chi connectivity index (χ3v) is 6.24. The van der Waals surface area contributed by atoms with Crippen molar-refractivity contribution >= 4 is 27.5 Å². The van der Waals surface area contributed by atoms with Crippen LogP contribution in [0.5, 0.6) is 0 Å². The summed E-state index contributed by atoms with van der Waals surface area (Å²) < 4.78 is 2.54. The molecular formula is C23H31BrN2O2. The van der Waals surface area contributed by atoms with E-state index >= 15 is 0 Å². The average molecular weight is 447 g/mol. The minimum Gasteiger partial charge on any atom is -0.347 e. The number of hydrogen-bond donors (Lipinski definition) is 1. The van der Waals surface area contributed by atoms with E-state index in [2.05, 4.69) is 53.5 Å². The zero-order valence-electron chi connectivity index (χ0n) is 17.8. The summed E-state index contributed by atoms with van der Waals surface area (Å²) >= 11 is 3.42. The second-order valence-electron chi connectivity index (χ2n) is 7.64. The summed E-state index contributed by atoms with van der Waals surface area (Å²) in [6.45, 7) is 13.0. The number of nitrogens with one attached hydrogen (secondary N) is 1. The summed E-state index contributed by atoms with van der Waals surface area (Å²) in [5.41, 5.74) is 4.54. The maximum atomic E-state index is 13.2. The fourth-order valence-electron chi connectivity index (χ4n) is 3.51. The predicted molar refractivity (Wildman–Crippen MR) is 120 cm³/mol. The van der Waals surface area contributed by atoms with Gasteiger partial charge < -0.3 is 9.88 Å². The van der Waals surface area contributed by atoms with Gasteiger partial charge in [-0.25, -0.2) is 0 Å². The molecule has 2 rings (SSSR count). The van der Waals surface area contributed by atoms with Crippen LogP contribution in [0, 0.1) is 19.8 Å². The van der Waals surface area contributed by atoms with Crippen molar-refractivity contribution in [3.63, 3.8) is 0 Å². The zero-order valence-corrected chi connectivity index (χ0v) is 19.4. The minimum absolute atomic E-state index is 0.217. The number of amides is 1. The number of aromatic nitrogens is 1. The molecule has 0 aliphatic heterocycles. The van der Waals surface area contributed by atoms with Gasteiger partial charge in [-0.05, 0) is 66.1 Å². The molecule has 4 nitrogen and oxygen atoms in total. The van der Waals surface area contributed by atoms with Crippen LogP contribution in [0.1, 0.15) is 67.0 Å². The third-order valence-electron chi connectivity index (χ3n) is 5.31. The van der Waals surface area contributed by atoms with E-state index in [1.165, 1.54) is 0 Å². The van der Waals surface area contributed by atoms with Gasteiger partial charge in [0, 0.05) is 23.6 Å². The molecule has 0 spiro atoms. The molecule has 0 bridgehead atoms. The van der Waals surface area contributed by atoms with Crippen LogP contribution in [-0.4, -0.2) is 10.5 Å². The van der Waals surface area contributed by atoms with E-state index in [-0.39, 0.29) is 16.9 Å². The number of hydrogen-bond acceptors (Lipinski definition) is 2. The number of carbonyl (C=O) groups is 1. The van der Waals surface area contributed by atoms with Crippen molar-refractivity contribution in [1.82, 2.24) is 4.57 Å². The number of anilines is 1. The molecule has 28 heavy (non-hydrogen) atoms. The first-order chi connectivity index (χ1) is 13.2. The van der Waals surface area contributed by atoms with Gasteiger partial charge in [0.15, 0.2) is 0 Å². The number of halogens is 1. The van der Waals surface area contributed by atoms with Crippen LogP contribution in [0.3, 0.4) is 0 Å². The Morgan fingerprint density at radius 2 is 1.68 bits per heavy atom. The average Bonchev–Trinajstić information content (AvgIpc) is 2.66. The number of para-hydroxylation sites is 1. The van der Waals surface area contributed by atoms with Gasteiger partial charge in [-0.3, -0.25) is 9.59 Å². The molecule has 152 valence electrons. The van der Waals surface area contributed by atoms with Crippen LogP contribution in [0.25, 0.3) is 0 Å². The smallest absolute Gasteiger partial charge is 0.261 e. The summed E-state index contributed by atoms with van der Waals surface area (Å²) in [6.07, 6.45) is 2.62. The van der Waals surface area contributed by atoms with E-state index in [4.69, 9.17) is 0 Å². The van der Waals surface area contributed by atoms with Gasteiger partial charge in [-0.2, -0.15) is 0 Å². The fourth-order valence-corrected chi connectivity index (χ4v) is 3.92. The van der Waals surface area contributed by atoms with E-state index in [9.17, 15) is 9.59 Å². The van der Waals surface area contributed by atoms with E-state index in [1.54, 1.807) is 0 Å². The van der Waals surface area contributed by atoms with Gasteiger partial charge in [-0.15, -0.1) is 0 Å². The fraction of sp³-hybridized carbons (Fsp3) is 0.478. The summed E-state index contributed by atoms with van der Waals surface area (Å²) in [5.74, 6) is 0.204. The highest BCUT2D eigenvalue weighted by Crippen LogP contribution is 2.24. The highest BCUT2D eigenvalue weighted by atomic mass is 79.9. The van der Waals surface area contributed by atoms with E-state index in [0.29, 0.717) is 10.4 Å². The van der Waals surface area contributed by atoms with E-state index in [1.807, 2.05) is 32.0 Å². The van der Waals surface area contributed by atoms with Gasteiger partial charge in [0.1, 0.15) is 5.56 Å². The molecule has 2 aromatic rings. The van der Waals surface area contributed by atoms with Gasteiger partial charge >= 0.3 is 0 Å². The van der Waals surface area contributed by atoms with Crippen molar-refractivity contribution in [3.8, 4) is 0 Å². The molecule has 0 fully saturated rings. The maximum Gasteiger partial charge on any atom is 0.261 e. The molecular weight excluding hydrogens is 416 g/mol. The number of aryl methyl sites for hydroxylation is 2. The van der Waals surface area contributed by atoms with E-state index < -0.39 is 0 Å². The summed E-state index contributed by atoms with van der Waals surface area (Å²) in [4.78, 5) is 26.1. The van der Waals surface area contributed by atoms with Crippen molar-refractivity contribution in [1.29, 1.82) is 0 Å². The molecule has 0 saturated carbocycles. The molecule has 1 heterocycles. The number of carbonyl (C=O) groups excluding carboxylic acids is 1. The van der Waals surface area contributed by atoms with Crippen LogP contribution in [0.15, 0.2) is 27.5 Å². The molecule has 0 radical (unpaired) electrons. The van der Waals surface area contributed by atoms with Crippen LogP contribution in [0.4, 0.5) is 5.69 Å². The second-order valence-corrected chi connectivity index (χ2v) is 8.43. The Kier molecular flexibility index (Phi) is 7.64. The number of nitrogens with zero attached hydrogens (tertiary/aromatic N) is 1. The first kappa shape index (κ1) is 22.4. The lowest BCUT2D eigenvalue weighted by atomic mass is 10.0. The Hall–Kier alpha value is -1.88. The molecule has 1 aromatic carbocycles. The zero-order chi connectivity index (χ0) is 21.0. The van der Waals surface area contributed by atoms with Gasteiger partial charge in [-0.1, -0.05) is 45.9 Å². The lowest BCUT2D eigenvalue weighted by Gasteiger charge is -2.21. The lowest BCUT2D eigenvalue weighted by Crippen LogP contribution is -2.29. The summed E-state index contributed by atoms with van der Waals surface area (Å²) in [5, 5.41) is 3.04. The maximum absolute atomic E-state index is 13.2. The Morgan fingerprint density at radius 1 is 1.11 bits per heavy atom. The molecule has 1 aromatic heterocycles. The Morgan fingerprint density at radius 3 is 2.18 bits per heavy atom. The standard InChI is InChI=1S/C23H31BrN2O2/c1-7-17-10-9-11-18(8-2)21(17)25-23(28)19-15(5)26(13-12-14(3)4)16(6)20(24)22(19)27/h9-11,14H,7-8,12-13H2,1-6H3,(H,25,28). The van der Waals surface area contributed by atoms with Crippen molar-refractivity contribution in [2.75, 3.05) is 5.32 Å². The van der Waals surface area contributed by atoms with Crippen LogP contribution < -0.4 is 10.7 Å². The first-order valence-electron chi connectivity index (χ1n) is 10.0. The van der Waals surface area contributed by atoms with Gasteiger partial charge in [0.05, 0.1) is 4.47 Å². The first-order valence-corrected chi connectivity index (χ1v) is 10.8. The molecule has 1 N–H and O–H groups in total. The molecule has 0 aliphatic carbocycles. The molecule has 0 saturated heterocycles. The van der Waals surface area contributed by atoms with Crippen molar-refractivity contribution < 1.29 is 4.79 Å². The summed E-state index contributed by atoms with van der Waals surface area (Å²) in [6, 6.07) is 6.06. The van der Waals surface area contributed by atoms with Crippen molar-refractivity contribution in [2.45, 2.75) is 67.3 Å². The van der Waals surface area contributed by atoms with Crippen LogP contribution >= 0.6 is 15.9 Å². The monoisotopic (exact) mass is 446 g/mol. The molecule has 1 amide bonds. The second kappa shape index (κ2) is 9.55. The Bertz CT molecular complexity index is 907. The SMILES string of the molecule is CCc1cccc(CC)c1NC(=O)c1c(C)n(CCC(C)C)c(C)c(Br)c1=O. The van der Waals surface area contributed by atoms with Gasteiger partial charge in [0.2, 0.25) is 5.43 Å². The predicted octanol–water partition coefficient (Wildman–Crippen LogP) is 5.65. The normalized spacial score (nSPS) is 11.1. The topological polar surface area (TPSA) is 51.1 Å². The van der Waals surface area contributed by atoms with Crippen LogP contribution in [0.2, 0.25) is 0 Å². The van der Waals surface area contributed by atoms with Crippen molar-refractivity contribution in [3.05, 3.63) is 61.0 Å². The lowest BCUT2D eigenvalue weighted by molar-refractivity contribution is 0.102. The quantitative estimate of drug-likeness (QED) is 0.596. The minimum atomic E-state index is -0.336. The van der Waals surface area contributed by atoms with Gasteiger partial charge in [0.25, 0.3) is 5.91 Å². The van der Waals surface area contributed by atoms with E-state index in [0.717, 1.165) is 54.0 Å². The third kappa shape index (κ3) is 4.57. The van der Waals surface area contributed by atoms with Crippen LogP contribution in [-0.2, 0) is 19.4 Å². The Balaban J connectivity index is 2.54. The highest BCUT2D eigenvalue weighted by Gasteiger charge is 2.22. The number of rotatable bonds is 7. The Labute approximate surface area is 176 Å². The molecule has 5 heteroatoms. The largest absolute Gasteiger partial charge is 0.347 e. The highest BCUT2D eigenvalue weighted by molar-refractivity contribution is 9.10. The number of benzene rings is 1. The molecule has 0 unspecified atom stereocenters. The summed E-state index contributed by atoms with van der Waals surface area (Å²) in [7, 11) is 0. The molecule has 0 atom stereocenters.